The summed E-state index contributed by atoms with van der Waals surface area (Å²) in [5.41, 5.74) is 0.629. The summed E-state index contributed by atoms with van der Waals surface area (Å²) in [6.07, 6.45) is 1.86. The van der Waals surface area contributed by atoms with Crippen LogP contribution in [-0.2, 0) is 10.0 Å². The van der Waals surface area contributed by atoms with Crippen molar-refractivity contribution in [3.63, 3.8) is 0 Å². The first kappa shape index (κ1) is 13.6. The minimum atomic E-state index is -3.62. The summed E-state index contributed by atoms with van der Waals surface area (Å²) in [5.74, 6) is 0. The Labute approximate surface area is 102 Å². The number of nitrogens with zero attached hydrogens (tertiary/aromatic N) is 2. The molecule has 1 heterocycles. The number of pyridine rings is 1. The highest BCUT2D eigenvalue weighted by atomic mass is 32.2. The van der Waals surface area contributed by atoms with Crippen LogP contribution in [0.25, 0.3) is 0 Å². The van der Waals surface area contributed by atoms with Gasteiger partial charge in [0.25, 0.3) is 0 Å². The second-order valence-corrected chi connectivity index (χ2v) is 5.56. The first-order valence-corrected chi connectivity index (χ1v) is 6.87. The lowest BCUT2D eigenvalue weighted by Gasteiger charge is -2.15. The van der Waals surface area contributed by atoms with Gasteiger partial charge in [-0.3, -0.25) is 4.98 Å². The molecule has 0 aromatic carbocycles. The molecule has 0 aliphatic heterocycles. The van der Waals surface area contributed by atoms with Crippen LogP contribution in [0.5, 0.6) is 0 Å². The first-order chi connectivity index (χ1) is 8.01. The largest absolute Gasteiger partial charge is 0.260 e. The molecule has 0 saturated heterocycles. The van der Waals surface area contributed by atoms with Crippen LogP contribution < -0.4 is 4.72 Å². The van der Waals surface area contributed by atoms with Gasteiger partial charge in [-0.1, -0.05) is 13.0 Å². The van der Waals surface area contributed by atoms with Crippen LogP contribution in [0, 0.1) is 11.3 Å². The SMILES string of the molecule is CCC(C#N)S(=O)(=O)NC(C)c1ccccn1. The lowest BCUT2D eigenvalue weighted by atomic mass is 10.2. The van der Waals surface area contributed by atoms with Crippen LogP contribution in [-0.4, -0.2) is 18.7 Å². The van der Waals surface area contributed by atoms with Crippen molar-refractivity contribution in [2.24, 2.45) is 0 Å². The number of aromatic nitrogens is 1. The molecule has 0 aliphatic carbocycles. The minimum Gasteiger partial charge on any atom is -0.260 e. The van der Waals surface area contributed by atoms with E-state index < -0.39 is 21.3 Å². The van der Waals surface area contributed by atoms with Crippen LogP contribution in [0.4, 0.5) is 0 Å². The van der Waals surface area contributed by atoms with Gasteiger partial charge in [-0.25, -0.2) is 13.1 Å². The van der Waals surface area contributed by atoms with Gasteiger partial charge >= 0.3 is 0 Å². The zero-order valence-corrected chi connectivity index (χ0v) is 10.6. The summed E-state index contributed by atoms with van der Waals surface area (Å²) < 4.78 is 26.1. The van der Waals surface area contributed by atoms with E-state index in [-0.39, 0.29) is 6.42 Å². The third-order valence-electron chi connectivity index (χ3n) is 2.36. The van der Waals surface area contributed by atoms with Crippen LogP contribution >= 0.6 is 0 Å². The van der Waals surface area contributed by atoms with Gasteiger partial charge < -0.3 is 0 Å². The number of hydrogen-bond donors (Lipinski definition) is 1. The maximum atomic E-state index is 11.8. The molecule has 2 unspecified atom stereocenters. The molecule has 5 nitrogen and oxygen atoms in total. The zero-order valence-electron chi connectivity index (χ0n) is 9.79. The van der Waals surface area contributed by atoms with Gasteiger partial charge in [-0.05, 0) is 25.5 Å². The second kappa shape index (κ2) is 5.75. The molecule has 1 rings (SSSR count). The molecule has 17 heavy (non-hydrogen) atoms. The Kier molecular flexibility index (Phi) is 4.61. The fourth-order valence-electron chi connectivity index (χ4n) is 1.40. The molecule has 1 aromatic heterocycles. The lowest BCUT2D eigenvalue weighted by Crippen LogP contribution is -2.35. The van der Waals surface area contributed by atoms with Crippen molar-refractivity contribution in [3.05, 3.63) is 30.1 Å². The Hall–Kier alpha value is -1.45. The highest BCUT2D eigenvalue weighted by molar-refractivity contribution is 7.90. The van der Waals surface area contributed by atoms with E-state index in [1.54, 1.807) is 44.3 Å². The summed E-state index contributed by atoms with van der Waals surface area (Å²) in [7, 11) is -3.62. The van der Waals surface area contributed by atoms with Crippen LogP contribution in [0.15, 0.2) is 24.4 Å². The van der Waals surface area contributed by atoms with E-state index in [0.29, 0.717) is 5.69 Å². The molecule has 92 valence electrons. The Morgan fingerprint density at radius 2 is 2.24 bits per heavy atom. The van der Waals surface area contributed by atoms with Crippen molar-refractivity contribution in [1.29, 1.82) is 5.26 Å². The molecule has 0 bridgehead atoms. The Morgan fingerprint density at radius 3 is 2.71 bits per heavy atom. The van der Waals surface area contributed by atoms with Gasteiger partial charge in [0.1, 0.15) is 0 Å². The molecule has 0 spiro atoms. The standard InChI is InChI=1S/C11H15N3O2S/c1-3-10(8-12)17(15,16)14-9(2)11-6-4-5-7-13-11/h4-7,9-10,14H,3H2,1-2H3. The van der Waals surface area contributed by atoms with Gasteiger partial charge in [0.15, 0.2) is 5.25 Å². The van der Waals surface area contributed by atoms with Crippen molar-refractivity contribution in [2.45, 2.75) is 31.6 Å². The van der Waals surface area contributed by atoms with Crippen molar-refractivity contribution in [1.82, 2.24) is 9.71 Å². The minimum absolute atomic E-state index is 0.265. The Morgan fingerprint density at radius 1 is 1.53 bits per heavy atom. The van der Waals surface area contributed by atoms with Crippen molar-refractivity contribution < 1.29 is 8.42 Å². The molecule has 0 radical (unpaired) electrons. The van der Waals surface area contributed by atoms with Crippen LogP contribution in [0.3, 0.4) is 0 Å². The number of rotatable bonds is 5. The van der Waals surface area contributed by atoms with Crippen LogP contribution in [0.2, 0.25) is 0 Å². The highest BCUT2D eigenvalue weighted by Gasteiger charge is 2.25. The van der Waals surface area contributed by atoms with Gasteiger partial charge in [0, 0.05) is 6.20 Å². The van der Waals surface area contributed by atoms with Gasteiger partial charge in [0.2, 0.25) is 10.0 Å². The fourth-order valence-corrected chi connectivity index (χ4v) is 2.76. The van der Waals surface area contributed by atoms with Crippen molar-refractivity contribution in [3.8, 4) is 6.07 Å². The summed E-state index contributed by atoms with van der Waals surface area (Å²) in [6.45, 7) is 3.36. The predicted octanol–water partition coefficient (Wildman–Crippen LogP) is 1.36. The molecular weight excluding hydrogens is 238 g/mol. The quantitative estimate of drug-likeness (QED) is 0.859. The monoisotopic (exact) mass is 253 g/mol. The molecule has 0 fully saturated rings. The maximum Gasteiger partial charge on any atom is 0.228 e. The average Bonchev–Trinajstić information content (AvgIpc) is 2.30. The van der Waals surface area contributed by atoms with Crippen molar-refractivity contribution in [2.75, 3.05) is 0 Å². The van der Waals surface area contributed by atoms with E-state index >= 15 is 0 Å². The number of nitrogens with one attached hydrogen (secondary N) is 1. The molecule has 1 N–H and O–H groups in total. The van der Waals surface area contributed by atoms with Gasteiger partial charge in [-0.2, -0.15) is 5.26 Å². The number of hydrogen-bond acceptors (Lipinski definition) is 4. The molecule has 0 saturated carbocycles. The molecular formula is C11H15N3O2S. The molecule has 6 heteroatoms. The summed E-state index contributed by atoms with van der Waals surface area (Å²) in [6, 6.07) is 6.62. The van der Waals surface area contributed by atoms with E-state index in [9.17, 15) is 8.42 Å². The fraction of sp³-hybridized carbons (Fsp3) is 0.455. The van der Waals surface area contributed by atoms with E-state index in [1.165, 1.54) is 0 Å². The second-order valence-electron chi connectivity index (χ2n) is 3.67. The molecule has 0 aliphatic rings. The smallest absolute Gasteiger partial charge is 0.228 e. The molecule has 2 atom stereocenters. The van der Waals surface area contributed by atoms with E-state index in [1.807, 2.05) is 0 Å². The molecule has 0 amide bonds. The third-order valence-corrected chi connectivity index (χ3v) is 4.23. The third kappa shape index (κ3) is 3.51. The summed E-state index contributed by atoms with van der Waals surface area (Å²) in [4.78, 5) is 4.06. The number of sulfonamides is 1. The van der Waals surface area contributed by atoms with E-state index in [2.05, 4.69) is 9.71 Å². The zero-order chi connectivity index (χ0) is 12.9. The summed E-state index contributed by atoms with van der Waals surface area (Å²) >= 11 is 0. The normalized spacial score (nSPS) is 14.9. The topological polar surface area (TPSA) is 82.8 Å². The lowest BCUT2D eigenvalue weighted by molar-refractivity contribution is 0.555. The van der Waals surface area contributed by atoms with Crippen molar-refractivity contribution >= 4 is 10.0 Å². The average molecular weight is 253 g/mol. The van der Waals surface area contributed by atoms with Gasteiger partial charge in [-0.15, -0.1) is 0 Å². The maximum absolute atomic E-state index is 11.8. The van der Waals surface area contributed by atoms with Gasteiger partial charge in [0.05, 0.1) is 17.8 Å². The Bertz CT molecular complexity index is 493. The van der Waals surface area contributed by atoms with E-state index in [0.717, 1.165) is 0 Å². The van der Waals surface area contributed by atoms with E-state index in [4.69, 9.17) is 5.26 Å². The highest BCUT2D eigenvalue weighted by Crippen LogP contribution is 2.12. The van der Waals surface area contributed by atoms with Crippen LogP contribution in [0.1, 0.15) is 32.0 Å². The summed E-state index contributed by atoms with van der Waals surface area (Å²) in [5, 5.41) is 7.74. The first-order valence-electron chi connectivity index (χ1n) is 5.33. The Balaban J connectivity index is 2.83. The number of nitriles is 1. The predicted molar refractivity (Wildman–Crippen MR) is 64.4 cm³/mol. The molecule has 1 aromatic rings.